The van der Waals surface area contributed by atoms with E-state index in [0.717, 1.165) is 40.2 Å². The van der Waals surface area contributed by atoms with Crippen LogP contribution in [0.3, 0.4) is 0 Å². The highest BCUT2D eigenvalue weighted by atomic mass is 32.2. The van der Waals surface area contributed by atoms with Crippen LogP contribution in [0.1, 0.15) is 5.56 Å². The molecule has 34 heavy (non-hydrogen) atoms. The number of alkyl halides is 2. The molecule has 5 rings (SSSR count). The summed E-state index contributed by atoms with van der Waals surface area (Å²) in [7, 11) is -1.08. The molecule has 6 nitrogen and oxygen atoms in total. The second-order valence-electron chi connectivity index (χ2n) is 8.46. The topological polar surface area (TPSA) is 62.5 Å². The monoisotopic (exact) mass is 481 g/mol. The van der Waals surface area contributed by atoms with Crippen molar-refractivity contribution >= 4 is 16.4 Å². The summed E-state index contributed by atoms with van der Waals surface area (Å²) >= 11 is 0. The first kappa shape index (κ1) is 22.8. The molecule has 4 aromatic rings. The molecule has 1 fully saturated rings. The van der Waals surface area contributed by atoms with Crippen LogP contribution < -0.4 is 5.32 Å². The Hall–Kier alpha value is -3.01. The summed E-state index contributed by atoms with van der Waals surface area (Å²) < 4.78 is 43.1. The van der Waals surface area contributed by atoms with Crippen LogP contribution in [0.25, 0.3) is 27.9 Å². The molecular weight excluding hydrogens is 456 g/mol. The smallest absolute Gasteiger partial charge is 0.285 e. The molecule has 176 valence electrons. The van der Waals surface area contributed by atoms with Crippen LogP contribution in [0.5, 0.6) is 0 Å². The first-order valence-electron chi connectivity index (χ1n) is 11.1. The van der Waals surface area contributed by atoms with E-state index in [1.165, 1.54) is 12.1 Å². The second-order valence-corrected chi connectivity index (χ2v) is 9.84. The van der Waals surface area contributed by atoms with Crippen molar-refractivity contribution in [1.82, 2.24) is 24.8 Å². The molecule has 0 radical (unpaired) electrons. The largest absolute Gasteiger partial charge is 0.314 e. The number of nitrogens with zero attached hydrogens (tertiary/aromatic N) is 4. The number of halogens is 2. The molecule has 0 bridgehead atoms. The van der Waals surface area contributed by atoms with E-state index in [-0.39, 0.29) is 12.1 Å². The lowest BCUT2D eigenvalue weighted by molar-refractivity contribution is -0.0400. The number of nitrogens with one attached hydrogen (secondary N) is 1. The van der Waals surface area contributed by atoms with Crippen LogP contribution in [0.4, 0.5) is 8.78 Å². The number of fused-ring (bicyclic) bond motifs is 1. The lowest BCUT2D eigenvalue weighted by Gasteiger charge is -2.30. The van der Waals surface area contributed by atoms with Crippen LogP contribution in [0.15, 0.2) is 72.0 Å². The molecule has 1 atom stereocenters. The molecule has 1 unspecified atom stereocenters. The molecule has 0 aliphatic carbocycles. The highest BCUT2D eigenvalue weighted by molar-refractivity contribution is 7.84. The summed E-state index contributed by atoms with van der Waals surface area (Å²) in [5.41, 5.74) is 3.97. The zero-order valence-electron chi connectivity index (χ0n) is 18.7. The van der Waals surface area contributed by atoms with E-state index >= 15 is 0 Å². The number of piperazine rings is 1. The summed E-state index contributed by atoms with van der Waals surface area (Å²) in [5.74, 6) is -2.91. The van der Waals surface area contributed by atoms with Crippen molar-refractivity contribution in [1.29, 1.82) is 0 Å². The van der Waals surface area contributed by atoms with E-state index in [9.17, 15) is 13.0 Å². The molecule has 1 aliphatic heterocycles. The van der Waals surface area contributed by atoms with Gasteiger partial charge in [0.25, 0.3) is 5.92 Å². The maximum Gasteiger partial charge on any atom is 0.285 e. The van der Waals surface area contributed by atoms with Gasteiger partial charge in [-0.15, -0.1) is 0 Å². The van der Waals surface area contributed by atoms with E-state index in [2.05, 4.69) is 15.4 Å². The number of aromatic nitrogens is 3. The van der Waals surface area contributed by atoms with Gasteiger partial charge in [0.2, 0.25) is 0 Å². The Bertz CT molecular complexity index is 1330. The number of hydrogen-bond donors (Lipinski definition) is 1. The van der Waals surface area contributed by atoms with E-state index in [1.807, 2.05) is 30.5 Å². The van der Waals surface area contributed by atoms with Gasteiger partial charge in [0.15, 0.2) is 5.65 Å². The minimum absolute atomic E-state index is 0.0124. The average Bonchev–Trinajstić information content (AvgIpc) is 3.28. The number of benzene rings is 2. The third-order valence-electron chi connectivity index (χ3n) is 6.11. The first-order valence-corrected chi connectivity index (χ1v) is 12.7. The Balaban J connectivity index is 1.38. The van der Waals surface area contributed by atoms with Gasteiger partial charge < -0.3 is 5.32 Å². The van der Waals surface area contributed by atoms with E-state index in [1.54, 1.807) is 40.2 Å². The third kappa shape index (κ3) is 4.64. The molecule has 1 saturated heterocycles. The van der Waals surface area contributed by atoms with Gasteiger partial charge in [0, 0.05) is 77.2 Å². The predicted octanol–water partition coefficient (Wildman–Crippen LogP) is 3.80. The van der Waals surface area contributed by atoms with Gasteiger partial charge in [-0.05, 0) is 23.3 Å². The van der Waals surface area contributed by atoms with E-state index in [0.29, 0.717) is 18.7 Å². The Labute approximate surface area is 199 Å². The molecular formula is C25H25F2N5OS. The van der Waals surface area contributed by atoms with Gasteiger partial charge >= 0.3 is 0 Å². The fraction of sp³-hybridized carbons (Fsp3) is 0.280. The van der Waals surface area contributed by atoms with Crippen LogP contribution in [0, 0.1) is 0 Å². The maximum atomic E-state index is 14.8. The van der Waals surface area contributed by atoms with E-state index in [4.69, 9.17) is 0 Å². The molecule has 3 heterocycles. The zero-order chi connectivity index (χ0) is 23.7. The first-order chi connectivity index (χ1) is 16.4. The highest BCUT2D eigenvalue weighted by Gasteiger charge is 2.34. The Morgan fingerprint density at radius 2 is 1.79 bits per heavy atom. The maximum absolute atomic E-state index is 14.8. The molecule has 1 aliphatic rings. The molecule has 0 saturated carbocycles. The second kappa shape index (κ2) is 9.32. The van der Waals surface area contributed by atoms with Crippen LogP contribution in [-0.2, 0) is 16.7 Å². The standard InChI is InChI=1S/C25H25F2N5OS/c1-34(33)22-4-2-3-19(13-22)23-15-30-32-16-20(14-29-24(23)32)18-5-7-21(8-6-18)25(26,27)17-31-11-9-28-10-12-31/h2-8,13-16,28H,9-12,17H2,1H3. The summed E-state index contributed by atoms with van der Waals surface area (Å²) in [6.07, 6.45) is 6.92. The van der Waals surface area contributed by atoms with Gasteiger partial charge in [-0.25, -0.2) is 9.50 Å². The quantitative estimate of drug-likeness (QED) is 0.454. The molecule has 2 aromatic carbocycles. The summed E-state index contributed by atoms with van der Waals surface area (Å²) in [6, 6.07) is 13.9. The summed E-state index contributed by atoms with van der Waals surface area (Å²) in [6.45, 7) is 2.47. The van der Waals surface area contributed by atoms with Crippen molar-refractivity contribution in [2.75, 3.05) is 39.0 Å². The Kier molecular flexibility index (Phi) is 6.24. The Morgan fingerprint density at radius 3 is 2.53 bits per heavy atom. The fourth-order valence-corrected chi connectivity index (χ4v) is 4.78. The minimum Gasteiger partial charge on any atom is -0.314 e. The SMILES string of the molecule is CS(=O)c1cccc(-c2cnn3cc(-c4ccc(C(F)(F)CN5CCNCC5)cc4)cnc23)c1. The third-order valence-corrected chi connectivity index (χ3v) is 7.02. The minimum atomic E-state index is -2.91. The summed E-state index contributed by atoms with van der Waals surface area (Å²) in [5, 5.41) is 7.61. The van der Waals surface area contributed by atoms with Crippen molar-refractivity contribution in [3.05, 3.63) is 72.7 Å². The highest BCUT2D eigenvalue weighted by Crippen LogP contribution is 2.32. The molecule has 1 N–H and O–H groups in total. The normalized spacial score (nSPS) is 16.1. The van der Waals surface area contributed by atoms with Crippen molar-refractivity contribution < 1.29 is 13.0 Å². The van der Waals surface area contributed by atoms with Gasteiger partial charge in [-0.3, -0.25) is 9.11 Å². The van der Waals surface area contributed by atoms with E-state index < -0.39 is 16.7 Å². The lowest BCUT2D eigenvalue weighted by atomic mass is 10.0. The lowest BCUT2D eigenvalue weighted by Crippen LogP contribution is -2.47. The average molecular weight is 482 g/mol. The van der Waals surface area contributed by atoms with Crippen molar-refractivity contribution in [2.24, 2.45) is 0 Å². The van der Waals surface area contributed by atoms with Crippen LogP contribution in [-0.4, -0.2) is 62.7 Å². The van der Waals surface area contributed by atoms with Gasteiger partial charge in [0.1, 0.15) is 0 Å². The van der Waals surface area contributed by atoms with Gasteiger partial charge in [-0.1, -0.05) is 36.4 Å². The number of hydrogen-bond acceptors (Lipinski definition) is 5. The van der Waals surface area contributed by atoms with Crippen LogP contribution >= 0.6 is 0 Å². The van der Waals surface area contributed by atoms with Crippen molar-refractivity contribution in [3.8, 4) is 22.3 Å². The predicted molar refractivity (Wildman–Crippen MR) is 129 cm³/mol. The van der Waals surface area contributed by atoms with Crippen LogP contribution in [0.2, 0.25) is 0 Å². The number of rotatable bonds is 6. The molecule has 2 aromatic heterocycles. The van der Waals surface area contributed by atoms with Crippen molar-refractivity contribution in [3.63, 3.8) is 0 Å². The summed E-state index contributed by atoms with van der Waals surface area (Å²) in [4.78, 5) is 7.12. The zero-order valence-corrected chi connectivity index (χ0v) is 19.6. The molecule has 9 heteroatoms. The van der Waals surface area contributed by atoms with Gasteiger partial charge in [-0.2, -0.15) is 13.9 Å². The van der Waals surface area contributed by atoms with Crippen molar-refractivity contribution in [2.45, 2.75) is 10.8 Å². The fourth-order valence-electron chi connectivity index (χ4n) is 4.22. The van der Waals surface area contributed by atoms with Gasteiger partial charge in [0.05, 0.1) is 12.7 Å². The molecule has 0 spiro atoms. The Morgan fingerprint density at radius 1 is 1.03 bits per heavy atom. The molecule has 0 amide bonds.